The molecule has 4 nitrogen and oxygen atoms in total. The Kier molecular flexibility index (Phi) is 5.78. The molecule has 0 aliphatic heterocycles. The third-order valence-corrected chi connectivity index (χ3v) is 8.68. The highest BCUT2D eigenvalue weighted by atomic mass is 15.0. The minimum Gasteiger partial charge on any atom is -0.308 e. The van der Waals surface area contributed by atoms with Gasteiger partial charge in [0, 0.05) is 29.0 Å². The monoisotopic (exact) mass is 574 g/mol. The molecule has 4 heterocycles. The molecule has 0 saturated carbocycles. The maximum absolute atomic E-state index is 5.12. The van der Waals surface area contributed by atoms with Crippen LogP contribution in [0.1, 0.15) is 0 Å². The van der Waals surface area contributed by atoms with Gasteiger partial charge in [0.25, 0.3) is 0 Å². The van der Waals surface area contributed by atoms with Crippen LogP contribution in [0.2, 0.25) is 0 Å². The zero-order valence-electron chi connectivity index (χ0n) is 24.3. The molecule has 0 N–H and O–H groups in total. The Morgan fingerprint density at radius 2 is 1.11 bits per heavy atom. The van der Waals surface area contributed by atoms with Crippen molar-refractivity contribution in [3.63, 3.8) is 0 Å². The maximum Gasteiger partial charge on any atom is 0.0963 e. The van der Waals surface area contributed by atoms with Gasteiger partial charge in [0.2, 0.25) is 0 Å². The first-order valence-corrected chi connectivity index (χ1v) is 15.1. The second kappa shape index (κ2) is 10.2. The number of pyridine rings is 3. The molecule has 0 bridgehead atoms. The first-order chi connectivity index (χ1) is 22.3. The average molecular weight is 575 g/mol. The third kappa shape index (κ3) is 4.27. The summed E-state index contributed by atoms with van der Waals surface area (Å²) < 4.78 is 2.28. The van der Waals surface area contributed by atoms with E-state index in [2.05, 4.69) is 131 Å². The van der Waals surface area contributed by atoms with E-state index in [-0.39, 0.29) is 0 Å². The molecule has 0 atom stereocenters. The van der Waals surface area contributed by atoms with Gasteiger partial charge in [0.15, 0.2) is 0 Å². The first-order valence-electron chi connectivity index (χ1n) is 15.1. The highest BCUT2D eigenvalue weighted by molar-refractivity contribution is 6.09. The average Bonchev–Trinajstić information content (AvgIpc) is 3.46. The fourth-order valence-corrected chi connectivity index (χ4v) is 6.53. The van der Waals surface area contributed by atoms with Gasteiger partial charge < -0.3 is 4.57 Å². The molecule has 0 radical (unpaired) electrons. The van der Waals surface area contributed by atoms with E-state index in [1.807, 2.05) is 36.7 Å². The van der Waals surface area contributed by atoms with Gasteiger partial charge in [0.05, 0.1) is 33.6 Å². The van der Waals surface area contributed by atoms with Crippen molar-refractivity contribution in [2.24, 2.45) is 0 Å². The van der Waals surface area contributed by atoms with E-state index in [0.29, 0.717) is 0 Å². The van der Waals surface area contributed by atoms with Crippen LogP contribution < -0.4 is 0 Å². The Bertz CT molecular complexity index is 2480. The number of rotatable bonds is 4. The Labute approximate surface area is 259 Å². The summed E-state index contributed by atoms with van der Waals surface area (Å²) in [5.41, 5.74) is 10.2. The van der Waals surface area contributed by atoms with E-state index in [0.717, 1.165) is 61.4 Å². The maximum atomic E-state index is 5.12. The lowest BCUT2D eigenvalue weighted by molar-refractivity contribution is 1.17. The highest BCUT2D eigenvalue weighted by Crippen LogP contribution is 2.35. The molecule has 4 heteroatoms. The van der Waals surface area contributed by atoms with Crippen molar-refractivity contribution in [2.75, 3.05) is 0 Å². The lowest BCUT2D eigenvalue weighted by Crippen LogP contribution is -1.95. The lowest BCUT2D eigenvalue weighted by Gasteiger charge is -2.12. The number of benzene rings is 5. The molecule has 5 aromatic carbocycles. The Balaban J connectivity index is 1.18. The van der Waals surface area contributed by atoms with Crippen molar-refractivity contribution in [1.82, 2.24) is 19.5 Å². The quantitative estimate of drug-likeness (QED) is 0.196. The van der Waals surface area contributed by atoms with Crippen molar-refractivity contribution in [3.05, 3.63) is 158 Å². The van der Waals surface area contributed by atoms with Crippen molar-refractivity contribution >= 4 is 43.5 Å². The van der Waals surface area contributed by atoms with Gasteiger partial charge in [-0.2, -0.15) is 0 Å². The largest absolute Gasteiger partial charge is 0.308 e. The Hall–Kier alpha value is -6.13. The van der Waals surface area contributed by atoms with Gasteiger partial charge in [-0.25, -0.2) is 4.98 Å². The summed E-state index contributed by atoms with van der Waals surface area (Å²) in [4.78, 5) is 14.4. The SMILES string of the molecule is c1ccc(-c2cc(-c3ccc4c(ccc5ccccc54)c3)cc(-c3ccc(-n4c5ccccc5c5ncccc54)cc3)n2)nc1. The molecule has 9 rings (SSSR count). The molecule has 0 saturated heterocycles. The summed E-state index contributed by atoms with van der Waals surface area (Å²) in [7, 11) is 0. The fourth-order valence-electron chi connectivity index (χ4n) is 6.53. The van der Waals surface area contributed by atoms with Crippen LogP contribution in [0.4, 0.5) is 0 Å². The van der Waals surface area contributed by atoms with Crippen molar-refractivity contribution in [2.45, 2.75) is 0 Å². The van der Waals surface area contributed by atoms with Gasteiger partial charge >= 0.3 is 0 Å². The van der Waals surface area contributed by atoms with Crippen LogP contribution in [0.15, 0.2) is 158 Å². The number of nitrogens with zero attached hydrogens (tertiary/aromatic N) is 4. The summed E-state index contributed by atoms with van der Waals surface area (Å²) >= 11 is 0. The molecular weight excluding hydrogens is 548 g/mol. The number of fused-ring (bicyclic) bond motifs is 6. The van der Waals surface area contributed by atoms with E-state index in [1.54, 1.807) is 0 Å². The number of para-hydroxylation sites is 1. The van der Waals surface area contributed by atoms with E-state index in [1.165, 1.54) is 21.5 Å². The summed E-state index contributed by atoms with van der Waals surface area (Å²) in [6.45, 7) is 0. The Morgan fingerprint density at radius 1 is 0.400 bits per heavy atom. The predicted molar refractivity (Wildman–Crippen MR) is 185 cm³/mol. The fraction of sp³-hybridized carbons (Fsp3) is 0. The summed E-state index contributed by atoms with van der Waals surface area (Å²) in [6, 6.07) is 51.2. The molecule has 0 amide bonds. The van der Waals surface area contributed by atoms with Crippen LogP contribution in [-0.4, -0.2) is 19.5 Å². The summed E-state index contributed by atoms with van der Waals surface area (Å²) in [5, 5.41) is 6.14. The van der Waals surface area contributed by atoms with Crippen molar-refractivity contribution in [3.8, 4) is 39.5 Å². The van der Waals surface area contributed by atoms with E-state index < -0.39 is 0 Å². The minimum atomic E-state index is 0.847. The highest BCUT2D eigenvalue weighted by Gasteiger charge is 2.14. The normalized spacial score (nSPS) is 11.6. The van der Waals surface area contributed by atoms with E-state index >= 15 is 0 Å². The molecule has 0 spiro atoms. The molecule has 0 fully saturated rings. The third-order valence-electron chi connectivity index (χ3n) is 8.68. The van der Waals surface area contributed by atoms with Crippen LogP contribution in [0.3, 0.4) is 0 Å². The van der Waals surface area contributed by atoms with Crippen LogP contribution >= 0.6 is 0 Å². The van der Waals surface area contributed by atoms with Gasteiger partial charge in [-0.1, -0.05) is 84.9 Å². The van der Waals surface area contributed by atoms with Gasteiger partial charge in [-0.05, 0) is 93.3 Å². The predicted octanol–water partition coefficient (Wildman–Crippen LogP) is 10.3. The minimum absolute atomic E-state index is 0.847. The van der Waals surface area contributed by atoms with Crippen LogP contribution in [0.5, 0.6) is 0 Å². The second-order valence-corrected chi connectivity index (χ2v) is 11.3. The number of aromatic nitrogens is 4. The van der Waals surface area contributed by atoms with Gasteiger partial charge in [-0.3, -0.25) is 9.97 Å². The topological polar surface area (TPSA) is 43.6 Å². The van der Waals surface area contributed by atoms with Crippen LogP contribution in [0.25, 0.3) is 82.9 Å². The first kappa shape index (κ1) is 25.4. The number of hydrogen-bond donors (Lipinski definition) is 0. The van der Waals surface area contributed by atoms with Gasteiger partial charge in [-0.15, -0.1) is 0 Å². The lowest BCUT2D eigenvalue weighted by atomic mass is 9.96. The van der Waals surface area contributed by atoms with E-state index in [9.17, 15) is 0 Å². The molecule has 4 aromatic heterocycles. The number of hydrogen-bond acceptors (Lipinski definition) is 3. The standard InChI is InChI=1S/C41H26N4/c1-2-9-33-27(8-1)14-15-30-24-29(18-21-34(30)33)31-25-37(44-38(26-31)36-11-5-6-22-42-36)28-16-19-32(20-17-28)45-39-12-4-3-10-35(39)41-40(45)13-7-23-43-41/h1-26H. The molecule has 210 valence electrons. The molecule has 9 aromatic rings. The van der Waals surface area contributed by atoms with Crippen molar-refractivity contribution in [1.29, 1.82) is 0 Å². The smallest absolute Gasteiger partial charge is 0.0963 e. The Morgan fingerprint density at radius 3 is 2.00 bits per heavy atom. The molecule has 0 aliphatic rings. The van der Waals surface area contributed by atoms with Gasteiger partial charge in [0.1, 0.15) is 0 Å². The molecular formula is C41H26N4. The molecule has 0 aliphatic carbocycles. The van der Waals surface area contributed by atoms with Crippen molar-refractivity contribution < 1.29 is 0 Å². The van der Waals surface area contributed by atoms with Crippen LogP contribution in [-0.2, 0) is 0 Å². The second-order valence-electron chi connectivity index (χ2n) is 11.3. The van der Waals surface area contributed by atoms with Crippen LogP contribution in [0, 0.1) is 0 Å². The zero-order chi connectivity index (χ0) is 29.7. The molecule has 45 heavy (non-hydrogen) atoms. The molecule has 0 unspecified atom stereocenters. The summed E-state index contributed by atoms with van der Waals surface area (Å²) in [6.07, 6.45) is 3.68. The van der Waals surface area contributed by atoms with E-state index in [4.69, 9.17) is 9.97 Å². The summed E-state index contributed by atoms with van der Waals surface area (Å²) in [5.74, 6) is 0. The zero-order valence-corrected chi connectivity index (χ0v) is 24.3.